The maximum atomic E-state index is 14.3. The van der Waals surface area contributed by atoms with E-state index in [0.29, 0.717) is 23.1 Å². The van der Waals surface area contributed by atoms with E-state index >= 15 is 0 Å². The summed E-state index contributed by atoms with van der Waals surface area (Å²) in [6.45, 7) is 4.16. The second kappa shape index (κ2) is 7.69. The first kappa shape index (κ1) is 18.0. The van der Waals surface area contributed by atoms with Gasteiger partial charge in [-0.05, 0) is 31.5 Å². The molecule has 0 aliphatic rings. The van der Waals surface area contributed by atoms with Gasteiger partial charge in [-0.2, -0.15) is 10.1 Å². The molecule has 0 saturated heterocycles. The molecule has 0 amide bonds. The molecule has 3 aromatic heterocycles. The predicted molar refractivity (Wildman–Crippen MR) is 104 cm³/mol. The highest BCUT2D eigenvalue weighted by Crippen LogP contribution is 2.21. The number of hydrogen-bond acceptors (Lipinski definition) is 8. The zero-order valence-electron chi connectivity index (χ0n) is 15.1. The molecule has 0 spiro atoms. The van der Waals surface area contributed by atoms with Crippen molar-refractivity contribution in [3.63, 3.8) is 0 Å². The van der Waals surface area contributed by atoms with Crippen LogP contribution in [-0.2, 0) is 6.54 Å². The quantitative estimate of drug-likeness (QED) is 0.394. The van der Waals surface area contributed by atoms with Crippen molar-refractivity contribution in [2.75, 3.05) is 5.43 Å². The number of anilines is 1. The molecule has 0 bridgehead atoms. The maximum absolute atomic E-state index is 14.3. The van der Waals surface area contributed by atoms with Gasteiger partial charge in [-0.1, -0.05) is 11.2 Å². The van der Waals surface area contributed by atoms with Gasteiger partial charge in [-0.15, -0.1) is 11.3 Å². The molecule has 3 heterocycles. The number of rotatable bonds is 6. The Bertz CT molecular complexity index is 1130. The van der Waals surface area contributed by atoms with E-state index in [0.717, 1.165) is 11.5 Å². The van der Waals surface area contributed by atoms with Gasteiger partial charge in [0, 0.05) is 17.8 Å². The van der Waals surface area contributed by atoms with Crippen LogP contribution in [0.1, 0.15) is 23.0 Å². The van der Waals surface area contributed by atoms with Crippen LogP contribution in [0.15, 0.2) is 45.6 Å². The molecule has 0 saturated carbocycles. The Labute approximate surface area is 163 Å². The molecule has 28 heavy (non-hydrogen) atoms. The normalized spacial score (nSPS) is 11.4. The fourth-order valence-electron chi connectivity index (χ4n) is 2.51. The van der Waals surface area contributed by atoms with E-state index in [4.69, 9.17) is 4.52 Å². The van der Waals surface area contributed by atoms with Crippen molar-refractivity contribution in [2.24, 2.45) is 5.10 Å². The number of thiazole rings is 1. The van der Waals surface area contributed by atoms with Crippen LogP contribution >= 0.6 is 11.3 Å². The van der Waals surface area contributed by atoms with Gasteiger partial charge in [0.1, 0.15) is 18.2 Å². The summed E-state index contributed by atoms with van der Waals surface area (Å²) in [5.74, 6) is 0.943. The summed E-state index contributed by atoms with van der Waals surface area (Å²) >= 11 is 1.46. The summed E-state index contributed by atoms with van der Waals surface area (Å²) in [7, 11) is 0. The summed E-state index contributed by atoms with van der Waals surface area (Å²) in [5.41, 5.74) is 4.70. The van der Waals surface area contributed by atoms with Crippen LogP contribution < -0.4 is 5.43 Å². The van der Waals surface area contributed by atoms with Crippen molar-refractivity contribution < 1.29 is 8.91 Å². The molecule has 0 unspecified atom stereocenters. The van der Waals surface area contributed by atoms with Crippen molar-refractivity contribution in [3.8, 4) is 11.4 Å². The highest BCUT2D eigenvalue weighted by molar-refractivity contribution is 7.13. The Hall–Kier alpha value is -3.40. The number of nitrogens with zero attached hydrogens (tertiary/aromatic N) is 6. The summed E-state index contributed by atoms with van der Waals surface area (Å²) in [4.78, 5) is 12.7. The fourth-order valence-corrected chi connectivity index (χ4v) is 3.14. The van der Waals surface area contributed by atoms with Gasteiger partial charge in [0.05, 0.1) is 17.5 Å². The zero-order valence-corrected chi connectivity index (χ0v) is 15.9. The third-order valence-corrected chi connectivity index (χ3v) is 4.79. The minimum atomic E-state index is -0.438. The Kier molecular flexibility index (Phi) is 4.94. The van der Waals surface area contributed by atoms with Crippen molar-refractivity contribution in [1.29, 1.82) is 0 Å². The lowest BCUT2D eigenvalue weighted by Crippen LogP contribution is -2.01. The fraction of sp³-hybridized carbons (Fsp3) is 0.167. The number of hydrogen-bond donors (Lipinski definition) is 1. The number of aromatic nitrogens is 5. The molecule has 1 aromatic carbocycles. The van der Waals surface area contributed by atoms with Crippen LogP contribution in [0.2, 0.25) is 0 Å². The number of imidazole rings is 1. The van der Waals surface area contributed by atoms with E-state index in [2.05, 4.69) is 30.6 Å². The Morgan fingerprint density at radius 1 is 1.32 bits per heavy atom. The van der Waals surface area contributed by atoms with E-state index < -0.39 is 5.82 Å². The molecule has 0 aliphatic carbocycles. The monoisotopic (exact) mass is 397 g/mol. The highest BCUT2D eigenvalue weighted by Gasteiger charge is 2.14. The van der Waals surface area contributed by atoms with Gasteiger partial charge in [0.2, 0.25) is 16.8 Å². The molecule has 0 aliphatic heterocycles. The molecule has 142 valence electrons. The average molecular weight is 397 g/mol. The van der Waals surface area contributed by atoms with Crippen LogP contribution in [0.3, 0.4) is 0 Å². The van der Waals surface area contributed by atoms with Gasteiger partial charge >= 0.3 is 0 Å². The van der Waals surface area contributed by atoms with Gasteiger partial charge in [0.25, 0.3) is 0 Å². The second-order valence-electron chi connectivity index (χ2n) is 6.02. The van der Waals surface area contributed by atoms with E-state index in [9.17, 15) is 4.39 Å². The Morgan fingerprint density at radius 3 is 2.96 bits per heavy atom. The molecule has 0 radical (unpaired) electrons. The lowest BCUT2D eigenvalue weighted by molar-refractivity contribution is 0.370. The molecule has 8 nitrogen and oxygen atoms in total. The van der Waals surface area contributed by atoms with Crippen LogP contribution in [0.25, 0.3) is 11.4 Å². The van der Waals surface area contributed by atoms with Crippen LogP contribution in [0.4, 0.5) is 9.52 Å². The maximum Gasteiger partial charge on any atom is 0.246 e. The molecular formula is C18H16FN7OS. The molecule has 0 fully saturated rings. The van der Waals surface area contributed by atoms with Crippen molar-refractivity contribution in [2.45, 2.75) is 20.4 Å². The van der Waals surface area contributed by atoms with Crippen molar-refractivity contribution in [1.82, 2.24) is 24.7 Å². The third-order valence-electron chi connectivity index (χ3n) is 3.92. The van der Waals surface area contributed by atoms with E-state index in [1.165, 1.54) is 17.4 Å². The predicted octanol–water partition coefficient (Wildman–Crippen LogP) is 3.64. The standard InChI is InChI=1S/C18H16FN7OS/c1-11-10-28-18(22-11)24-21-8-13-3-4-15(19)14(7-13)17-23-16(27-25-17)9-26-6-5-20-12(26)2/h3-8,10H,9H2,1-2H3,(H,22,24). The average Bonchev–Trinajstić information content (AvgIpc) is 3.40. The minimum absolute atomic E-state index is 0.184. The highest BCUT2D eigenvalue weighted by atomic mass is 32.1. The first-order valence-electron chi connectivity index (χ1n) is 8.40. The van der Waals surface area contributed by atoms with E-state index in [1.807, 2.05) is 30.0 Å². The largest absolute Gasteiger partial charge is 0.337 e. The first-order valence-corrected chi connectivity index (χ1v) is 9.28. The summed E-state index contributed by atoms with van der Waals surface area (Å²) in [5, 5.41) is 10.6. The van der Waals surface area contributed by atoms with Gasteiger partial charge in [-0.3, -0.25) is 5.43 Å². The zero-order chi connectivity index (χ0) is 19.5. The minimum Gasteiger partial charge on any atom is -0.337 e. The summed E-state index contributed by atoms with van der Waals surface area (Å²) < 4.78 is 21.4. The molecule has 10 heteroatoms. The number of aryl methyl sites for hydroxylation is 2. The second-order valence-corrected chi connectivity index (χ2v) is 6.88. The summed E-state index contributed by atoms with van der Waals surface area (Å²) in [6.07, 6.45) is 5.08. The molecule has 0 atom stereocenters. The summed E-state index contributed by atoms with van der Waals surface area (Å²) in [6, 6.07) is 4.58. The van der Waals surface area contributed by atoms with Crippen LogP contribution in [0.5, 0.6) is 0 Å². The SMILES string of the molecule is Cc1csc(NN=Cc2ccc(F)c(-c3noc(Cn4ccnc4C)n3)c2)n1. The molecule has 4 aromatic rings. The smallest absolute Gasteiger partial charge is 0.246 e. The lowest BCUT2D eigenvalue weighted by atomic mass is 10.1. The van der Waals surface area contributed by atoms with E-state index in [1.54, 1.807) is 24.5 Å². The number of benzene rings is 1. The first-order chi connectivity index (χ1) is 13.6. The Balaban J connectivity index is 1.51. The van der Waals surface area contributed by atoms with Crippen molar-refractivity contribution >= 4 is 22.7 Å². The number of nitrogens with one attached hydrogen (secondary N) is 1. The lowest BCUT2D eigenvalue weighted by Gasteiger charge is -2.00. The van der Waals surface area contributed by atoms with Gasteiger partial charge in [0.15, 0.2) is 0 Å². The Morgan fingerprint density at radius 2 is 2.21 bits per heavy atom. The van der Waals surface area contributed by atoms with Crippen molar-refractivity contribution in [3.05, 3.63) is 64.8 Å². The third kappa shape index (κ3) is 3.96. The number of hydrazone groups is 1. The molecule has 1 N–H and O–H groups in total. The van der Waals surface area contributed by atoms with Gasteiger partial charge < -0.3 is 9.09 Å². The molecular weight excluding hydrogens is 381 g/mol. The van der Waals surface area contributed by atoms with Gasteiger partial charge in [-0.25, -0.2) is 14.4 Å². The van der Waals surface area contributed by atoms with E-state index in [-0.39, 0.29) is 11.4 Å². The van der Waals surface area contributed by atoms with Crippen LogP contribution in [-0.4, -0.2) is 30.9 Å². The van der Waals surface area contributed by atoms with Crippen LogP contribution in [0, 0.1) is 19.7 Å². The number of halogens is 1. The topological polar surface area (TPSA) is 94.0 Å². The molecule has 4 rings (SSSR count).